The van der Waals surface area contributed by atoms with Crippen LogP contribution in [-0.4, -0.2) is 31.3 Å². The maximum atomic E-state index is 5.49. The quantitative estimate of drug-likeness (QED) is 0.824. The zero-order valence-electron chi connectivity index (χ0n) is 13.5. The van der Waals surface area contributed by atoms with E-state index >= 15 is 0 Å². The third-order valence-corrected chi connectivity index (χ3v) is 5.41. The van der Waals surface area contributed by atoms with Crippen molar-refractivity contribution in [3.05, 3.63) is 23.8 Å². The highest BCUT2D eigenvalue weighted by atomic mass is 32.2. The SMILES string of the molecule is CCSC1CCC(NC(C)c2cc(OC)ccc2OC)C1. The second-order valence-electron chi connectivity index (χ2n) is 5.58. The smallest absolute Gasteiger partial charge is 0.123 e. The van der Waals surface area contributed by atoms with Crippen molar-refractivity contribution < 1.29 is 9.47 Å². The Morgan fingerprint density at radius 2 is 2.10 bits per heavy atom. The molecule has 0 spiro atoms. The Hall–Kier alpha value is -0.870. The van der Waals surface area contributed by atoms with Crippen LogP contribution < -0.4 is 14.8 Å². The molecule has 0 aliphatic heterocycles. The second-order valence-corrected chi connectivity index (χ2v) is 7.16. The molecule has 0 radical (unpaired) electrons. The standard InChI is InChI=1S/C17H27NO2S/c1-5-21-15-8-6-13(10-15)18-12(2)16-11-14(19-3)7-9-17(16)20-4/h7,9,11-13,15,18H,5-6,8,10H2,1-4H3. The summed E-state index contributed by atoms with van der Waals surface area (Å²) in [4.78, 5) is 0. The fraction of sp³-hybridized carbons (Fsp3) is 0.647. The number of methoxy groups -OCH3 is 2. The van der Waals surface area contributed by atoms with Crippen molar-refractivity contribution in [3.8, 4) is 11.5 Å². The first-order chi connectivity index (χ1) is 10.2. The molecule has 1 N–H and O–H groups in total. The van der Waals surface area contributed by atoms with Crippen molar-refractivity contribution in [2.45, 2.75) is 50.4 Å². The molecule has 21 heavy (non-hydrogen) atoms. The van der Waals surface area contributed by atoms with Crippen molar-refractivity contribution in [1.82, 2.24) is 5.32 Å². The molecule has 0 saturated heterocycles. The van der Waals surface area contributed by atoms with Crippen LogP contribution in [-0.2, 0) is 0 Å². The van der Waals surface area contributed by atoms with E-state index in [0.29, 0.717) is 6.04 Å². The van der Waals surface area contributed by atoms with Gasteiger partial charge in [0.25, 0.3) is 0 Å². The molecule has 118 valence electrons. The monoisotopic (exact) mass is 309 g/mol. The normalized spacial score (nSPS) is 23.0. The van der Waals surface area contributed by atoms with Crippen LogP contribution in [0.3, 0.4) is 0 Å². The molecule has 1 saturated carbocycles. The fourth-order valence-corrected chi connectivity index (χ4v) is 4.24. The fourth-order valence-electron chi connectivity index (χ4n) is 3.10. The molecule has 0 aromatic heterocycles. The number of nitrogens with one attached hydrogen (secondary N) is 1. The molecule has 1 aromatic rings. The number of thioether (sulfide) groups is 1. The van der Waals surface area contributed by atoms with Crippen molar-refractivity contribution in [1.29, 1.82) is 0 Å². The van der Waals surface area contributed by atoms with E-state index < -0.39 is 0 Å². The van der Waals surface area contributed by atoms with Crippen LogP contribution in [0.1, 0.15) is 44.7 Å². The summed E-state index contributed by atoms with van der Waals surface area (Å²) in [5.74, 6) is 3.02. The van der Waals surface area contributed by atoms with E-state index in [1.165, 1.54) is 30.6 Å². The molecule has 1 aromatic carbocycles. The van der Waals surface area contributed by atoms with Gasteiger partial charge in [-0.15, -0.1) is 0 Å². The lowest BCUT2D eigenvalue weighted by Gasteiger charge is -2.22. The summed E-state index contributed by atoms with van der Waals surface area (Å²) < 4.78 is 10.8. The average Bonchev–Trinajstić information content (AvgIpc) is 2.94. The van der Waals surface area contributed by atoms with E-state index in [-0.39, 0.29) is 6.04 Å². The van der Waals surface area contributed by atoms with Crippen LogP contribution >= 0.6 is 11.8 Å². The average molecular weight is 309 g/mol. The highest BCUT2D eigenvalue weighted by molar-refractivity contribution is 7.99. The van der Waals surface area contributed by atoms with Crippen LogP contribution in [0, 0.1) is 0 Å². The topological polar surface area (TPSA) is 30.5 Å². The summed E-state index contributed by atoms with van der Waals surface area (Å²) in [6, 6.07) is 6.88. The zero-order chi connectivity index (χ0) is 15.2. The van der Waals surface area contributed by atoms with E-state index in [1.807, 2.05) is 12.1 Å². The largest absolute Gasteiger partial charge is 0.497 e. The zero-order valence-corrected chi connectivity index (χ0v) is 14.3. The van der Waals surface area contributed by atoms with E-state index in [9.17, 15) is 0 Å². The Morgan fingerprint density at radius 3 is 2.76 bits per heavy atom. The van der Waals surface area contributed by atoms with E-state index in [4.69, 9.17) is 9.47 Å². The van der Waals surface area contributed by atoms with Crippen LogP contribution in [0.4, 0.5) is 0 Å². The summed E-state index contributed by atoms with van der Waals surface area (Å²) in [5.41, 5.74) is 1.17. The van der Waals surface area contributed by atoms with Crippen LogP contribution in [0.5, 0.6) is 11.5 Å². The first-order valence-corrected chi connectivity index (χ1v) is 8.82. The summed E-state index contributed by atoms with van der Waals surface area (Å²) in [7, 11) is 3.43. The molecule has 3 nitrogen and oxygen atoms in total. The lowest BCUT2D eigenvalue weighted by molar-refractivity contribution is 0.384. The van der Waals surface area contributed by atoms with Crippen LogP contribution in [0.15, 0.2) is 18.2 Å². The summed E-state index contributed by atoms with van der Waals surface area (Å²) in [6.45, 7) is 4.45. The molecule has 0 bridgehead atoms. The van der Waals surface area contributed by atoms with Gasteiger partial charge in [-0.3, -0.25) is 0 Å². The first-order valence-electron chi connectivity index (χ1n) is 7.77. The Bertz CT molecular complexity index is 452. The van der Waals surface area contributed by atoms with Crippen molar-refractivity contribution in [3.63, 3.8) is 0 Å². The first kappa shape index (κ1) is 16.5. The number of hydrogen-bond donors (Lipinski definition) is 1. The molecule has 1 aliphatic rings. The van der Waals surface area contributed by atoms with E-state index in [0.717, 1.165) is 16.7 Å². The van der Waals surface area contributed by atoms with Crippen molar-refractivity contribution >= 4 is 11.8 Å². The van der Waals surface area contributed by atoms with Gasteiger partial charge in [-0.25, -0.2) is 0 Å². The van der Waals surface area contributed by atoms with Gasteiger partial charge in [0.15, 0.2) is 0 Å². The minimum atomic E-state index is 0.269. The minimum Gasteiger partial charge on any atom is -0.497 e. The summed E-state index contributed by atoms with van der Waals surface area (Å²) in [5, 5.41) is 4.59. The lowest BCUT2D eigenvalue weighted by atomic mass is 10.1. The predicted octanol–water partition coefficient (Wildman–Crippen LogP) is 4.03. The Morgan fingerprint density at radius 1 is 1.29 bits per heavy atom. The third kappa shape index (κ3) is 4.30. The van der Waals surface area contributed by atoms with Crippen molar-refractivity contribution in [2.75, 3.05) is 20.0 Å². The number of rotatable bonds is 7. The second kappa shape index (κ2) is 7.95. The molecule has 1 fully saturated rings. The summed E-state index contributed by atoms with van der Waals surface area (Å²) >= 11 is 2.09. The van der Waals surface area contributed by atoms with Gasteiger partial charge in [0.05, 0.1) is 14.2 Å². The maximum absolute atomic E-state index is 5.49. The van der Waals surface area contributed by atoms with Gasteiger partial charge in [-0.2, -0.15) is 11.8 Å². The van der Waals surface area contributed by atoms with Crippen LogP contribution in [0.25, 0.3) is 0 Å². The Kier molecular flexibility index (Phi) is 6.24. The molecule has 0 heterocycles. The molecular weight excluding hydrogens is 282 g/mol. The molecule has 0 amide bonds. The van der Waals surface area contributed by atoms with E-state index in [1.54, 1.807) is 14.2 Å². The molecule has 2 rings (SSSR count). The van der Waals surface area contributed by atoms with Gasteiger partial charge in [-0.05, 0) is 50.1 Å². The predicted molar refractivity (Wildman–Crippen MR) is 90.7 cm³/mol. The third-order valence-electron chi connectivity index (χ3n) is 4.18. The minimum absolute atomic E-state index is 0.269. The molecule has 3 unspecified atom stereocenters. The number of hydrogen-bond acceptors (Lipinski definition) is 4. The number of ether oxygens (including phenoxy) is 2. The number of benzene rings is 1. The summed E-state index contributed by atoms with van der Waals surface area (Å²) in [6.07, 6.45) is 3.88. The van der Waals surface area contributed by atoms with Crippen LogP contribution in [0.2, 0.25) is 0 Å². The molecular formula is C17H27NO2S. The lowest BCUT2D eigenvalue weighted by Crippen LogP contribution is -2.29. The maximum Gasteiger partial charge on any atom is 0.123 e. The molecule has 4 heteroatoms. The van der Waals surface area contributed by atoms with Gasteiger partial charge in [0.2, 0.25) is 0 Å². The highest BCUT2D eigenvalue weighted by Crippen LogP contribution is 2.33. The van der Waals surface area contributed by atoms with Gasteiger partial charge in [0.1, 0.15) is 11.5 Å². The van der Waals surface area contributed by atoms with Gasteiger partial charge < -0.3 is 14.8 Å². The van der Waals surface area contributed by atoms with Crippen molar-refractivity contribution in [2.24, 2.45) is 0 Å². The Labute approximate surface area is 132 Å². The van der Waals surface area contributed by atoms with Gasteiger partial charge >= 0.3 is 0 Å². The highest BCUT2D eigenvalue weighted by Gasteiger charge is 2.26. The Balaban J connectivity index is 2.01. The van der Waals surface area contributed by atoms with E-state index in [2.05, 4.69) is 37.0 Å². The molecule has 3 atom stereocenters. The molecule has 1 aliphatic carbocycles. The van der Waals surface area contributed by atoms with Gasteiger partial charge in [0, 0.05) is 22.9 Å². The van der Waals surface area contributed by atoms with Gasteiger partial charge in [-0.1, -0.05) is 6.92 Å².